The summed E-state index contributed by atoms with van der Waals surface area (Å²) in [5, 5.41) is 6.72. The first-order valence-corrected chi connectivity index (χ1v) is 11.1. The molecule has 0 saturated heterocycles. The van der Waals surface area contributed by atoms with Crippen LogP contribution in [-0.4, -0.2) is 0 Å². The molecule has 25 heavy (non-hydrogen) atoms. The second-order valence-electron chi connectivity index (χ2n) is 6.27. The number of aryl methyl sites for hydroxylation is 1. The molecular weight excluding hydrogens is 366 g/mol. The maximum absolute atomic E-state index is 6.60. The summed E-state index contributed by atoms with van der Waals surface area (Å²) < 4.78 is 0. The van der Waals surface area contributed by atoms with Crippen LogP contribution in [0.1, 0.15) is 60.2 Å². The summed E-state index contributed by atoms with van der Waals surface area (Å²) >= 11 is 10.2. The van der Waals surface area contributed by atoms with Crippen molar-refractivity contribution in [3.63, 3.8) is 0 Å². The zero-order chi connectivity index (χ0) is 18.2. The average molecular weight is 394 g/mol. The molecule has 0 atom stereocenters. The third-order valence-corrected chi connectivity index (χ3v) is 6.91. The van der Waals surface area contributed by atoms with Crippen LogP contribution in [-0.2, 0) is 13.0 Å². The van der Waals surface area contributed by atoms with Crippen LogP contribution < -0.4 is 5.32 Å². The molecule has 0 aromatic carbocycles. The van der Waals surface area contributed by atoms with Crippen molar-refractivity contribution in [3.8, 4) is 0 Å². The highest BCUT2D eigenvalue weighted by Crippen LogP contribution is 2.37. The van der Waals surface area contributed by atoms with Crippen LogP contribution in [0, 0.1) is 6.92 Å². The smallest absolute Gasteiger partial charge is 0.0581 e. The second-order valence-corrected chi connectivity index (χ2v) is 8.79. The van der Waals surface area contributed by atoms with Crippen molar-refractivity contribution in [1.82, 2.24) is 5.32 Å². The minimum absolute atomic E-state index is 0.850. The molecule has 0 spiro atoms. The Morgan fingerprint density at radius 2 is 2.08 bits per heavy atom. The Balaban J connectivity index is 2.33. The van der Waals surface area contributed by atoms with Crippen molar-refractivity contribution >= 4 is 40.0 Å². The Bertz CT molecular complexity index is 723. The molecule has 0 aliphatic heterocycles. The van der Waals surface area contributed by atoms with E-state index >= 15 is 0 Å². The highest BCUT2D eigenvalue weighted by molar-refractivity contribution is 7.14. The van der Waals surface area contributed by atoms with Gasteiger partial charge in [-0.2, -0.15) is 0 Å². The van der Waals surface area contributed by atoms with E-state index in [0.717, 1.165) is 30.8 Å². The van der Waals surface area contributed by atoms with E-state index in [9.17, 15) is 0 Å². The Morgan fingerprint density at radius 1 is 1.28 bits per heavy atom. The molecule has 0 aliphatic rings. The summed E-state index contributed by atoms with van der Waals surface area (Å²) in [5.41, 5.74) is 3.69. The van der Waals surface area contributed by atoms with Crippen LogP contribution in [0.5, 0.6) is 0 Å². The fourth-order valence-corrected chi connectivity index (χ4v) is 4.95. The minimum Gasteiger partial charge on any atom is -0.379 e. The third-order valence-electron chi connectivity index (χ3n) is 4.02. The molecule has 1 nitrogen and oxygen atoms in total. The van der Waals surface area contributed by atoms with Crippen molar-refractivity contribution in [1.29, 1.82) is 0 Å². The van der Waals surface area contributed by atoms with E-state index in [0.29, 0.717) is 0 Å². The number of unbranched alkanes of at least 4 members (excludes halogenated alkanes) is 1. The molecule has 0 saturated carbocycles. The van der Waals surface area contributed by atoms with Gasteiger partial charge in [0.15, 0.2) is 0 Å². The molecule has 0 amide bonds. The molecule has 0 radical (unpaired) electrons. The normalized spacial score (nSPS) is 12.7. The molecule has 0 bridgehead atoms. The number of halogens is 1. The zero-order valence-corrected chi connectivity index (χ0v) is 18.0. The van der Waals surface area contributed by atoms with E-state index in [1.807, 2.05) is 11.3 Å². The standard InChI is InChI=1S/C21H28ClNS2/c1-5-7-10-15(3)13-18(23-14-17-11-8-12-24-17)21-16(4)20(22)19(25-21)9-6-2/h8,10-13,23H,5-7,9,14H2,1-4H3/b15-10+,18-13+. The first-order valence-electron chi connectivity index (χ1n) is 8.99. The molecule has 2 aromatic rings. The van der Waals surface area contributed by atoms with Gasteiger partial charge in [0.25, 0.3) is 0 Å². The predicted molar refractivity (Wildman–Crippen MR) is 116 cm³/mol. The van der Waals surface area contributed by atoms with Crippen LogP contribution in [0.2, 0.25) is 5.02 Å². The highest BCUT2D eigenvalue weighted by atomic mass is 35.5. The zero-order valence-electron chi connectivity index (χ0n) is 15.6. The van der Waals surface area contributed by atoms with E-state index in [1.54, 1.807) is 11.3 Å². The Hall–Kier alpha value is -1.03. The number of allylic oxidation sites excluding steroid dienone is 3. The first kappa shape index (κ1) is 20.3. The summed E-state index contributed by atoms with van der Waals surface area (Å²) in [4.78, 5) is 3.92. The molecule has 0 unspecified atom stereocenters. The van der Waals surface area contributed by atoms with Gasteiger partial charge in [0.1, 0.15) is 0 Å². The Labute approximate surface area is 165 Å². The number of hydrogen-bond donors (Lipinski definition) is 1. The van der Waals surface area contributed by atoms with Gasteiger partial charge in [0.2, 0.25) is 0 Å². The predicted octanol–water partition coefficient (Wildman–Crippen LogP) is 7.60. The molecular formula is C21H28ClNS2. The van der Waals surface area contributed by atoms with Crippen LogP contribution in [0.4, 0.5) is 0 Å². The van der Waals surface area contributed by atoms with Crippen LogP contribution in [0.25, 0.3) is 5.70 Å². The van der Waals surface area contributed by atoms with Gasteiger partial charge in [-0.25, -0.2) is 0 Å². The van der Waals surface area contributed by atoms with Gasteiger partial charge in [-0.1, -0.05) is 56.0 Å². The Kier molecular flexibility index (Phi) is 8.28. The first-order chi connectivity index (χ1) is 12.1. The van der Waals surface area contributed by atoms with Gasteiger partial charge in [-0.05, 0) is 49.8 Å². The lowest BCUT2D eigenvalue weighted by atomic mass is 10.1. The lowest BCUT2D eigenvalue weighted by molar-refractivity contribution is 0.907. The van der Waals surface area contributed by atoms with Crippen LogP contribution in [0.3, 0.4) is 0 Å². The Morgan fingerprint density at radius 3 is 2.72 bits per heavy atom. The summed E-state index contributed by atoms with van der Waals surface area (Å²) in [6.07, 6.45) is 9.04. The summed E-state index contributed by atoms with van der Waals surface area (Å²) in [6.45, 7) is 9.58. The van der Waals surface area contributed by atoms with Crippen LogP contribution in [0.15, 0.2) is 35.2 Å². The molecule has 4 heteroatoms. The molecule has 1 N–H and O–H groups in total. The molecule has 2 heterocycles. The largest absolute Gasteiger partial charge is 0.379 e. The van der Waals surface area contributed by atoms with E-state index < -0.39 is 0 Å². The van der Waals surface area contributed by atoms with Crippen LogP contribution >= 0.6 is 34.3 Å². The summed E-state index contributed by atoms with van der Waals surface area (Å²) in [5.74, 6) is 0. The van der Waals surface area contributed by atoms with Crippen molar-refractivity contribution < 1.29 is 0 Å². The van der Waals surface area contributed by atoms with Gasteiger partial charge in [0, 0.05) is 16.3 Å². The van der Waals surface area contributed by atoms with E-state index in [2.05, 4.69) is 62.7 Å². The number of hydrogen-bond acceptors (Lipinski definition) is 3. The molecule has 136 valence electrons. The van der Waals surface area contributed by atoms with Gasteiger partial charge in [-0.15, -0.1) is 22.7 Å². The fraction of sp³-hybridized carbons (Fsp3) is 0.429. The fourth-order valence-electron chi connectivity index (χ4n) is 2.65. The molecule has 0 aliphatic carbocycles. The van der Waals surface area contributed by atoms with E-state index in [4.69, 9.17) is 11.6 Å². The quantitative estimate of drug-likeness (QED) is 0.432. The number of nitrogens with one attached hydrogen (secondary N) is 1. The van der Waals surface area contributed by atoms with Crippen molar-refractivity contribution in [2.24, 2.45) is 0 Å². The van der Waals surface area contributed by atoms with Gasteiger partial charge >= 0.3 is 0 Å². The van der Waals surface area contributed by atoms with Crippen molar-refractivity contribution in [3.05, 3.63) is 60.5 Å². The lowest BCUT2D eigenvalue weighted by Crippen LogP contribution is -2.11. The summed E-state index contributed by atoms with van der Waals surface area (Å²) in [7, 11) is 0. The molecule has 0 fully saturated rings. The average Bonchev–Trinajstić information content (AvgIpc) is 3.21. The number of thiophene rings is 2. The third kappa shape index (κ3) is 5.73. The summed E-state index contributed by atoms with van der Waals surface area (Å²) in [6, 6.07) is 4.27. The lowest BCUT2D eigenvalue weighted by Gasteiger charge is -2.11. The topological polar surface area (TPSA) is 12.0 Å². The van der Waals surface area contributed by atoms with E-state index in [-0.39, 0.29) is 0 Å². The highest BCUT2D eigenvalue weighted by Gasteiger charge is 2.16. The van der Waals surface area contributed by atoms with Crippen molar-refractivity contribution in [2.45, 2.75) is 59.9 Å². The SMILES string of the molecule is CCC/C=C(C)/C=C(/NCc1cccs1)c1sc(CCC)c(Cl)c1C. The van der Waals surface area contributed by atoms with Gasteiger partial charge in [0.05, 0.1) is 15.6 Å². The van der Waals surface area contributed by atoms with Crippen molar-refractivity contribution in [2.75, 3.05) is 0 Å². The van der Waals surface area contributed by atoms with E-state index in [1.165, 1.54) is 37.9 Å². The molecule has 2 aromatic heterocycles. The number of rotatable bonds is 9. The molecule has 2 rings (SSSR count). The monoisotopic (exact) mass is 393 g/mol. The minimum atomic E-state index is 0.850. The van der Waals surface area contributed by atoms with Gasteiger partial charge < -0.3 is 5.32 Å². The van der Waals surface area contributed by atoms with Gasteiger partial charge in [-0.3, -0.25) is 0 Å². The maximum atomic E-state index is 6.60. The second kappa shape index (κ2) is 10.2. The maximum Gasteiger partial charge on any atom is 0.0581 e.